The highest BCUT2D eigenvalue weighted by atomic mass is 16.5. The van der Waals surface area contributed by atoms with Crippen LogP contribution < -0.4 is 10.5 Å². The molecule has 3 rings (SSSR count). The van der Waals surface area contributed by atoms with Gasteiger partial charge in [0.05, 0.1) is 12.6 Å². The number of benzene rings is 1. The summed E-state index contributed by atoms with van der Waals surface area (Å²) in [7, 11) is 1.69. The maximum atomic E-state index is 5.87. The molecule has 0 bridgehead atoms. The number of hydrogen-bond donors (Lipinski definition) is 2. The van der Waals surface area contributed by atoms with E-state index in [1.54, 1.807) is 7.11 Å². The fourth-order valence-corrected chi connectivity index (χ4v) is 2.20. The van der Waals surface area contributed by atoms with E-state index in [1.165, 1.54) is 10.9 Å². The molecule has 0 spiro atoms. The average molecular weight is 202 g/mol. The first-order chi connectivity index (χ1) is 7.31. The van der Waals surface area contributed by atoms with Crippen molar-refractivity contribution in [3.8, 4) is 5.75 Å². The molecule has 15 heavy (non-hydrogen) atoms. The van der Waals surface area contributed by atoms with Crippen molar-refractivity contribution in [2.45, 2.75) is 18.4 Å². The number of aromatic nitrogens is 1. The maximum absolute atomic E-state index is 5.87. The first kappa shape index (κ1) is 8.80. The molecule has 2 atom stereocenters. The van der Waals surface area contributed by atoms with E-state index in [-0.39, 0.29) is 0 Å². The van der Waals surface area contributed by atoms with Crippen LogP contribution in [0.5, 0.6) is 5.75 Å². The molecule has 1 aliphatic rings. The minimum Gasteiger partial charge on any atom is -0.495 e. The third-order valence-corrected chi connectivity index (χ3v) is 3.17. The molecule has 0 amide bonds. The van der Waals surface area contributed by atoms with Crippen molar-refractivity contribution in [2.24, 2.45) is 5.73 Å². The van der Waals surface area contributed by atoms with Gasteiger partial charge in [0.25, 0.3) is 0 Å². The largest absolute Gasteiger partial charge is 0.495 e. The maximum Gasteiger partial charge on any atom is 0.142 e. The van der Waals surface area contributed by atoms with Gasteiger partial charge in [-0.15, -0.1) is 0 Å². The van der Waals surface area contributed by atoms with Gasteiger partial charge in [-0.3, -0.25) is 0 Å². The summed E-state index contributed by atoms with van der Waals surface area (Å²) in [6.45, 7) is 0. The second-order valence-electron chi connectivity index (χ2n) is 4.13. The monoisotopic (exact) mass is 202 g/mol. The van der Waals surface area contributed by atoms with Gasteiger partial charge >= 0.3 is 0 Å². The van der Waals surface area contributed by atoms with Gasteiger partial charge in [-0.05, 0) is 18.1 Å². The van der Waals surface area contributed by atoms with Gasteiger partial charge < -0.3 is 15.5 Å². The minimum atomic E-state index is 0.343. The van der Waals surface area contributed by atoms with Crippen LogP contribution in [0.15, 0.2) is 24.4 Å². The highest BCUT2D eigenvalue weighted by Gasteiger charge is 2.36. The average Bonchev–Trinajstić information content (AvgIpc) is 2.82. The molecule has 1 saturated carbocycles. The van der Waals surface area contributed by atoms with Gasteiger partial charge in [0.1, 0.15) is 5.75 Å². The molecule has 1 aromatic carbocycles. The number of fused-ring (bicyclic) bond motifs is 1. The van der Waals surface area contributed by atoms with E-state index < -0.39 is 0 Å². The van der Waals surface area contributed by atoms with Crippen LogP contribution in [-0.4, -0.2) is 18.1 Å². The Labute approximate surface area is 88.2 Å². The van der Waals surface area contributed by atoms with E-state index >= 15 is 0 Å². The Morgan fingerprint density at radius 2 is 2.27 bits per heavy atom. The summed E-state index contributed by atoms with van der Waals surface area (Å²) in [6, 6.07) is 6.45. The summed E-state index contributed by atoms with van der Waals surface area (Å²) in [5.41, 5.74) is 8.28. The van der Waals surface area contributed by atoms with Gasteiger partial charge in [-0.25, -0.2) is 0 Å². The van der Waals surface area contributed by atoms with Gasteiger partial charge in [0.2, 0.25) is 0 Å². The fourth-order valence-electron chi connectivity index (χ4n) is 2.20. The zero-order chi connectivity index (χ0) is 10.4. The molecule has 1 aromatic heterocycles. The van der Waals surface area contributed by atoms with E-state index in [4.69, 9.17) is 10.5 Å². The number of rotatable bonds is 2. The first-order valence-corrected chi connectivity index (χ1v) is 5.21. The lowest BCUT2D eigenvalue weighted by atomic mass is 10.1. The second-order valence-corrected chi connectivity index (χ2v) is 4.13. The lowest BCUT2D eigenvalue weighted by molar-refractivity contribution is 0.419. The minimum absolute atomic E-state index is 0.343. The van der Waals surface area contributed by atoms with Crippen LogP contribution in [-0.2, 0) is 0 Å². The summed E-state index contributed by atoms with van der Waals surface area (Å²) in [5.74, 6) is 1.43. The van der Waals surface area contributed by atoms with Crippen molar-refractivity contribution in [1.82, 2.24) is 4.98 Å². The molecule has 3 N–H and O–H groups in total. The number of aromatic amines is 1. The van der Waals surface area contributed by atoms with E-state index in [1.807, 2.05) is 12.1 Å². The Kier molecular flexibility index (Phi) is 1.76. The summed E-state index contributed by atoms with van der Waals surface area (Å²) < 4.78 is 5.31. The first-order valence-electron chi connectivity index (χ1n) is 5.21. The smallest absolute Gasteiger partial charge is 0.142 e. The summed E-state index contributed by atoms with van der Waals surface area (Å²) >= 11 is 0. The summed E-state index contributed by atoms with van der Waals surface area (Å²) in [4.78, 5) is 3.27. The number of nitrogens with two attached hydrogens (primary N) is 1. The van der Waals surface area contributed by atoms with E-state index in [0.717, 1.165) is 17.7 Å². The molecule has 3 heteroatoms. The zero-order valence-electron chi connectivity index (χ0n) is 8.66. The molecule has 0 radical (unpaired) electrons. The van der Waals surface area contributed by atoms with Crippen LogP contribution >= 0.6 is 0 Å². The van der Waals surface area contributed by atoms with E-state index in [2.05, 4.69) is 17.2 Å². The molecular weight excluding hydrogens is 188 g/mol. The normalized spacial score (nSPS) is 24.4. The number of nitrogens with one attached hydrogen (secondary N) is 1. The highest BCUT2D eigenvalue weighted by Crippen LogP contribution is 2.43. The van der Waals surface area contributed by atoms with Crippen LogP contribution in [0, 0.1) is 0 Å². The van der Waals surface area contributed by atoms with Crippen molar-refractivity contribution in [2.75, 3.05) is 7.11 Å². The SMILES string of the molecule is COc1cccc2c(C3CC3N)c[nH]c12. The van der Waals surface area contributed by atoms with E-state index in [0.29, 0.717) is 12.0 Å². The van der Waals surface area contributed by atoms with Crippen molar-refractivity contribution in [1.29, 1.82) is 0 Å². The Morgan fingerprint density at radius 1 is 1.47 bits per heavy atom. The number of methoxy groups -OCH3 is 1. The molecule has 78 valence electrons. The molecule has 1 fully saturated rings. The Hall–Kier alpha value is -1.48. The topological polar surface area (TPSA) is 51.0 Å². The van der Waals surface area contributed by atoms with Crippen molar-refractivity contribution >= 4 is 10.9 Å². The van der Waals surface area contributed by atoms with Crippen LogP contribution in [0.1, 0.15) is 17.9 Å². The Morgan fingerprint density at radius 3 is 2.93 bits per heavy atom. The van der Waals surface area contributed by atoms with Crippen molar-refractivity contribution < 1.29 is 4.74 Å². The zero-order valence-corrected chi connectivity index (χ0v) is 8.66. The van der Waals surface area contributed by atoms with Gasteiger partial charge in [-0.1, -0.05) is 12.1 Å². The van der Waals surface area contributed by atoms with Crippen LogP contribution in [0.4, 0.5) is 0 Å². The third-order valence-electron chi connectivity index (χ3n) is 3.17. The molecule has 2 unspecified atom stereocenters. The van der Waals surface area contributed by atoms with E-state index in [9.17, 15) is 0 Å². The summed E-state index contributed by atoms with van der Waals surface area (Å²) in [6.07, 6.45) is 3.16. The lowest BCUT2D eigenvalue weighted by Gasteiger charge is -2.01. The number of ether oxygens (including phenoxy) is 1. The molecule has 1 aliphatic carbocycles. The molecule has 0 aliphatic heterocycles. The second kappa shape index (κ2) is 3.00. The van der Waals surface area contributed by atoms with Crippen LogP contribution in [0.25, 0.3) is 10.9 Å². The van der Waals surface area contributed by atoms with Crippen molar-refractivity contribution in [3.63, 3.8) is 0 Å². The molecule has 2 aromatic rings. The van der Waals surface area contributed by atoms with Crippen molar-refractivity contribution in [3.05, 3.63) is 30.0 Å². The Balaban J connectivity index is 2.18. The predicted molar refractivity (Wildman–Crippen MR) is 60.2 cm³/mol. The highest BCUT2D eigenvalue weighted by molar-refractivity contribution is 5.89. The van der Waals surface area contributed by atoms with Gasteiger partial charge in [0, 0.05) is 23.5 Å². The van der Waals surface area contributed by atoms with Crippen LogP contribution in [0.2, 0.25) is 0 Å². The molecule has 0 saturated heterocycles. The summed E-state index contributed by atoms with van der Waals surface area (Å²) in [5, 5.41) is 1.24. The molecular formula is C12H14N2O. The standard InChI is InChI=1S/C12H14N2O/c1-15-11-4-2-3-7-9(6-14-12(7)11)8-5-10(8)13/h2-4,6,8,10,14H,5,13H2,1H3. The lowest BCUT2D eigenvalue weighted by Crippen LogP contribution is -2.00. The Bertz CT molecular complexity index is 503. The van der Waals surface area contributed by atoms with Crippen LogP contribution in [0.3, 0.4) is 0 Å². The van der Waals surface area contributed by atoms with Gasteiger partial charge in [0.15, 0.2) is 0 Å². The predicted octanol–water partition coefficient (Wildman–Crippen LogP) is 1.99. The fraction of sp³-hybridized carbons (Fsp3) is 0.333. The molecule has 1 heterocycles. The van der Waals surface area contributed by atoms with Gasteiger partial charge in [-0.2, -0.15) is 0 Å². The third kappa shape index (κ3) is 1.23. The number of H-pyrrole nitrogens is 1. The number of hydrogen-bond acceptors (Lipinski definition) is 2. The quantitative estimate of drug-likeness (QED) is 0.782. The molecule has 3 nitrogen and oxygen atoms in total. The number of para-hydroxylation sites is 1.